The van der Waals surface area contributed by atoms with Gasteiger partial charge in [0.25, 0.3) is 0 Å². The largest absolute Gasteiger partial charge is 0.466 e. The van der Waals surface area contributed by atoms with Crippen LogP contribution < -0.4 is 0 Å². The molecule has 0 aliphatic carbocycles. The predicted octanol–water partition coefficient (Wildman–Crippen LogP) is 3.62. The van der Waals surface area contributed by atoms with E-state index in [0.717, 1.165) is 18.4 Å². The van der Waals surface area contributed by atoms with Gasteiger partial charge in [0.2, 0.25) is 0 Å². The van der Waals surface area contributed by atoms with Crippen molar-refractivity contribution in [1.29, 1.82) is 0 Å². The summed E-state index contributed by atoms with van der Waals surface area (Å²) >= 11 is 0. The fourth-order valence-electron chi connectivity index (χ4n) is 3.20. The standard InChI is InChI=1S/C19H27NO4/c1-4-23-17(21)19(15(2)3)11-8-12-20(14-19)18(22)24-13-16-9-6-5-7-10-16/h5-7,9-10,15H,4,8,11-14H2,1-3H3/t19-/m1/s1. The van der Waals surface area contributed by atoms with Crippen molar-refractivity contribution in [1.82, 2.24) is 4.90 Å². The van der Waals surface area contributed by atoms with Crippen LogP contribution in [0.1, 0.15) is 39.2 Å². The van der Waals surface area contributed by atoms with Crippen molar-refractivity contribution in [2.45, 2.75) is 40.2 Å². The van der Waals surface area contributed by atoms with Gasteiger partial charge in [-0.15, -0.1) is 0 Å². The van der Waals surface area contributed by atoms with Gasteiger partial charge in [0.15, 0.2) is 0 Å². The number of esters is 1. The minimum atomic E-state index is -0.639. The van der Waals surface area contributed by atoms with Crippen molar-refractivity contribution >= 4 is 12.1 Å². The molecule has 0 spiro atoms. The van der Waals surface area contributed by atoms with E-state index in [1.54, 1.807) is 11.8 Å². The van der Waals surface area contributed by atoms with E-state index in [4.69, 9.17) is 9.47 Å². The fourth-order valence-corrected chi connectivity index (χ4v) is 3.20. The van der Waals surface area contributed by atoms with E-state index < -0.39 is 5.41 Å². The zero-order chi connectivity index (χ0) is 17.6. The molecular formula is C19H27NO4. The van der Waals surface area contributed by atoms with Crippen molar-refractivity contribution in [3.8, 4) is 0 Å². The summed E-state index contributed by atoms with van der Waals surface area (Å²) in [5.41, 5.74) is 0.309. The van der Waals surface area contributed by atoms with E-state index in [9.17, 15) is 9.59 Å². The van der Waals surface area contributed by atoms with Gasteiger partial charge in [0.05, 0.1) is 12.0 Å². The molecule has 1 aromatic rings. The molecule has 1 saturated heterocycles. The molecular weight excluding hydrogens is 306 g/mol. The van der Waals surface area contributed by atoms with Gasteiger partial charge in [-0.2, -0.15) is 0 Å². The van der Waals surface area contributed by atoms with Crippen LogP contribution in [-0.2, 0) is 20.9 Å². The van der Waals surface area contributed by atoms with Crippen LogP contribution in [0.4, 0.5) is 4.79 Å². The third-order valence-electron chi connectivity index (χ3n) is 4.77. The maximum Gasteiger partial charge on any atom is 0.410 e. The van der Waals surface area contributed by atoms with Crippen LogP contribution in [0.3, 0.4) is 0 Å². The highest BCUT2D eigenvalue weighted by Crippen LogP contribution is 2.38. The van der Waals surface area contributed by atoms with Crippen LogP contribution in [0.15, 0.2) is 30.3 Å². The van der Waals surface area contributed by atoms with Gasteiger partial charge in [-0.25, -0.2) is 4.79 Å². The van der Waals surface area contributed by atoms with Crippen molar-refractivity contribution in [2.24, 2.45) is 11.3 Å². The molecule has 5 heteroatoms. The van der Waals surface area contributed by atoms with Crippen LogP contribution in [-0.4, -0.2) is 36.7 Å². The van der Waals surface area contributed by atoms with Crippen molar-refractivity contribution in [3.05, 3.63) is 35.9 Å². The summed E-state index contributed by atoms with van der Waals surface area (Å²) in [4.78, 5) is 26.6. The van der Waals surface area contributed by atoms with Gasteiger partial charge >= 0.3 is 12.1 Å². The summed E-state index contributed by atoms with van der Waals surface area (Å²) in [6.45, 7) is 7.39. The summed E-state index contributed by atoms with van der Waals surface area (Å²) < 4.78 is 10.7. The number of hydrogen-bond acceptors (Lipinski definition) is 4. The number of rotatable bonds is 5. The fraction of sp³-hybridized carbons (Fsp3) is 0.579. The zero-order valence-corrected chi connectivity index (χ0v) is 14.8. The molecule has 1 aliphatic heterocycles. The maximum absolute atomic E-state index is 12.5. The van der Waals surface area contributed by atoms with Crippen LogP contribution >= 0.6 is 0 Å². The summed E-state index contributed by atoms with van der Waals surface area (Å²) in [7, 11) is 0. The average molecular weight is 333 g/mol. The monoisotopic (exact) mass is 333 g/mol. The Bertz CT molecular complexity index is 558. The normalized spacial score (nSPS) is 20.8. The Kier molecular flexibility index (Phi) is 6.23. The smallest absolute Gasteiger partial charge is 0.410 e. The molecule has 132 valence electrons. The van der Waals surface area contributed by atoms with Crippen molar-refractivity contribution in [2.75, 3.05) is 19.7 Å². The molecule has 1 fully saturated rings. The second kappa shape index (κ2) is 8.18. The number of benzene rings is 1. The first-order chi connectivity index (χ1) is 11.5. The first-order valence-corrected chi connectivity index (χ1v) is 8.62. The number of piperidine rings is 1. The van der Waals surface area contributed by atoms with E-state index in [2.05, 4.69) is 0 Å². The number of hydrogen-bond donors (Lipinski definition) is 0. The third-order valence-corrected chi connectivity index (χ3v) is 4.77. The molecule has 1 amide bonds. The number of carbonyl (C=O) groups is 2. The van der Waals surface area contributed by atoms with Gasteiger partial charge in [0.1, 0.15) is 6.61 Å². The molecule has 0 aromatic heterocycles. The molecule has 0 radical (unpaired) electrons. The van der Waals surface area contributed by atoms with Gasteiger partial charge in [0, 0.05) is 13.1 Å². The number of amides is 1. The Balaban J connectivity index is 2.02. The van der Waals surface area contributed by atoms with E-state index in [1.165, 1.54) is 0 Å². The molecule has 1 atom stereocenters. The SMILES string of the molecule is CCOC(=O)[C@]1(C(C)C)CCCN(C(=O)OCc2ccccc2)C1. The number of ether oxygens (including phenoxy) is 2. The van der Waals surface area contributed by atoms with Gasteiger partial charge in [-0.05, 0) is 31.2 Å². The van der Waals surface area contributed by atoms with Crippen LogP contribution in [0.5, 0.6) is 0 Å². The second-order valence-corrected chi connectivity index (χ2v) is 6.60. The molecule has 1 aliphatic rings. The highest BCUT2D eigenvalue weighted by Gasteiger charge is 2.47. The van der Waals surface area contributed by atoms with Crippen LogP contribution in [0.25, 0.3) is 0 Å². The van der Waals surface area contributed by atoms with Crippen molar-refractivity contribution < 1.29 is 19.1 Å². The first-order valence-electron chi connectivity index (χ1n) is 8.62. The Morgan fingerprint density at radius 1 is 1.21 bits per heavy atom. The topological polar surface area (TPSA) is 55.8 Å². The van der Waals surface area contributed by atoms with E-state index >= 15 is 0 Å². The number of carbonyl (C=O) groups excluding carboxylic acids is 2. The molecule has 0 saturated carbocycles. The average Bonchev–Trinajstić information content (AvgIpc) is 2.60. The van der Waals surface area contributed by atoms with Gasteiger partial charge in [-0.1, -0.05) is 44.2 Å². The molecule has 1 heterocycles. The lowest BCUT2D eigenvalue weighted by Crippen LogP contribution is -2.53. The minimum absolute atomic E-state index is 0.0984. The van der Waals surface area contributed by atoms with E-state index in [-0.39, 0.29) is 24.6 Å². The molecule has 0 bridgehead atoms. The molecule has 0 unspecified atom stereocenters. The Labute approximate surface area is 143 Å². The lowest BCUT2D eigenvalue weighted by molar-refractivity contribution is -0.162. The second-order valence-electron chi connectivity index (χ2n) is 6.60. The Morgan fingerprint density at radius 2 is 1.92 bits per heavy atom. The summed E-state index contributed by atoms with van der Waals surface area (Å²) in [6.07, 6.45) is 1.15. The zero-order valence-electron chi connectivity index (χ0n) is 14.8. The summed E-state index contributed by atoms with van der Waals surface area (Å²) in [5, 5.41) is 0. The van der Waals surface area contributed by atoms with Gasteiger partial charge < -0.3 is 14.4 Å². The molecule has 5 nitrogen and oxygen atoms in total. The minimum Gasteiger partial charge on any atom is -0.466 e. The predicted molar refractivity (Wildman–Crippen MR) is 91.3 cm³/mol. The molecule has 24 heavy (non-hydrogen) atoms. The Morgan fingerprint density at radius 3 is 2.54 bits per heavy atom. The molecule has 2 rings (SSSR count). The van der Waals surface area contributed by atoms with E-state index in [1.807, 2.05) is 44.2 Å². The maximum atomic E-state index is 12.5. The summed E-state index contributed by atoms with van der Waals surface area (Å²) in [6, 6.07) is 9.58. The third kappa shape index (κ3) is 4.08. The number of nitrogens with zero attached hydrogens (tertiary/aromatic N) is 1. The van der Waals surface area contributed by atoms with Crippen molar-refractivity contribution in [3.63, 3.8) is 0 Å². The molecule has 0 N–H and O–H groups in total. The highest BCUT2D eigenvalue weighted by molar-refractivity contribution is 5.79. The van der Waals surface area contributed by atoms with Gasteiger partial charge in [-0.3, -0.25) is 4.79 Å². The highest BCUT2D eigenvalue weighted by atomic mass is 16.6. The molecule has 1 aromatic carbocycles. The van der Waals surface area contributed by atoms with Crippen LogP contribution in [0, 0.1) is 11.3 Å². The summed E-state index contributed by atoms with van der Waals surface area (Å²) in [5.74, 6) is -0.109. The lowest BCUT2D eigenvalue weighted by Gasteiger charge is -2.42. The lowest BCUT2D eigenvalue weighted by atomic mass is 9.71. The number of likely N-dealkylation sites (tertiary alicyclic amines) is 1. The quantitative estimate of drug-likeness (QED) is 0.772. The van der Waals surface area contributed by atoms with E-state index in [0.29, 0.717) is 19.7 Å². The first kappa shape index (κ1) is 18.3. The van der Waals surface area contributed by atoms with Crippen LogP contribution in [0.2, 0.25) is 0 Å². The Hall–Kier alpha value is -2.04.